The highest BCUT2D eigenvalue weighted by Gasteiger charge is 2.24. The van der Waals surface area contributed by atoms with Gasteiger partial charge in [0.2, 0.25) is 0 Å². The van der Waals surface area contributed by atoms with Crippen LogP contribution in [0.5, 0.6) is 5.75 Å². The predicted molar refractivity (Wildman–Crippen MR) is 127 cm³/mol. The Balaban J connectivity index is 1.56. The van der Waals surface area contributed by atoms with E-state index in [1.165, 1.54) is 0 Å². The van der Waals surface area contributed by atoms with Gasteiger partial charge in [0.1, 0.15) is 18.9 Å². The van der Waals surface area contributed by atoms with E-state index in [4.69, 9.17) is 27.8 Å². The Morgan fingerprint density at radius 2 is 1.91 bits per heavy atom. The minimum Gasteiger partial charge on any atom is -0.489 e. The third-order valence-electron chi connectivity index (χ3n) is 5.39. The largest absolute Gasteiger partial charge is 0.489 e. The lowest BCUT2D eigenvalue weighted by atomic mass is 10.2. The van der Waals surface area contributed by atoms with Gasteiger partial charge in [0.05, 0.1) is 13.6 Å². The maximum Gasteiger partial charge on any atom is 0.276 e. The third kappa shape index (κ3) is 4.54. The van der Waals surface area contributed by atoms with E-state index in [0.717, 1.165) is 28.2 Å². The summed E-state index contributed by atoms with van der Waals surface area (Å²) in [6, 6.07) is 16.0. The molecule has 0 spiro atoms. The monoisotopic (exact) mass is 466 g/mol. The second-order valence-electron chi connectivity index (χ2n) is 7.46. The molecule has 4 rings (SSSR count). The molecule has 0 saturated heterocycles. The van der Waals surface area contributed by atoms with E-state index in [-0.39, 0.29) is 29.0 Å². The van der Waals surface area contributed by atoms with Gasteiger partial charge in [-0.2, -0.15) is 0 Å². The number of aryl methyl sites for hydroxylation is 2. The van der Waals surface area contributed by atoms with Crippen molar-refractivity contribution in [3.8, 4) is 5.75 Å². The number of rotatable bonds is 7. The predicted octanol–water partition coefficient (Wildman–Crippen LogP) is 2.60. The Labute approximate surface area is 196 Å². The first-order valence-electron chi connectivity index (χ1n) is 10.4. The number of hydrogen-bond acceptors (Lipinski definition) is 6. The smallest absolute Gasteiger partial charge is 0.276 e. The van der Waals surface area contributed by atoms with Crippen LogP contribution in [-0.4, -0.2) is 20.4 Å². The highest BCUT2D eigenvalue weighted by atomic mass is 35.5. The second-order valence-corrected chi connectivity index (χ2v) is 7.82. The summed E-state index contributed by atoms with van der Waals surface area (Å²) in [5.41, 5.74) is 14.4. The van der Waals surface area contributed by atoms with E-state index in [1.807, 2.05) is 67.1 Å². The molecule has 0 radical (unpaired) electrons. The number of nitrogens with two attached hydrogens (primary N) is 2. The summed E-state index contributed by atoms with van der Waals surface area (Å²) in [6.45, 7) is 3.49. The molecule has 4 aromatic rings. The van der Waals surface area contributed by atoms with Crippen molar-refractivity contribution in [3.05, 3.63) is 70.8 Å². The number of ether oxygens (including phenoxy) is 1. The van der Waals surface area contributed by atoms with Crippen LogP contribution in [0.15, 0.2) is 48.5 Å². The summed E-state index contributed by atoms with van der Waals surface area (Å²) in [6.07, 6.45) is 0. The molecular formula is C23H25ClN7O2+. The van der Waals surface area contributed by atoms with Crippen molar-refractivity contribution in [1.29, 1.82) is 0 Å². The first-order valence-corrected chi connectivity index (χ1v) is 10.8. The second kappa shape index (κ2) is 9.33. The summed E-state index contributed by atoms with van der Waals surface area (Å²) in [5.74, 6) is 1.09. The average molecular weight is 467 g/mol. The Morgan fingerprint density at radius 3 is 2.64 bits per heavy atom. The van der Waals surface area contributed by atoms with E-state index in [9.17, 15) is 4.79 Å². The van der Waals surface area contributed by atoms with Crippen molar-refractivity contribution in [2.45, 2.75) is 26.6 Å². The van der Waals surface area contributed by atoms with Crippen LogP contribution in [0.1, 0.15) is 28.8 Å². The van der Waals surface area contributed by atoms with Crippen LogP contribution in [0.25, 0.3) is 11.0 Å². The minimum atomic E-state index is -0.485. The van der Waals surface area contributed by atoms with Gasteiger partial charge in [-0.3, -0.25) is 4.79 Å². The first kappa shape index (κ1) is 22.3. The van der Waals surface area contributed by atoms with E-state index in [2.05, 4.69) is 19.9 Å². The van der Waals surface area contributed by atoms with Crippen molar-refractivity contribution in [2.24, 2.45) is 7.05 Å². The molecule has 33 heavy (non-hydrogen) atoms. The maximum atomic E-state index is 12.7. The maximum absolute atomic E-state index is 12.7. The van der Waals surface area contributed by atoms with Gasteiger partial charge in [-0.15, -0.1) is 0 Å². The van der Waals surface area contributed by atoms with Gasteiger partial charge in [0.15, 0.2) is 33.5 Å². The molecule has 170 valence electrons. The quantitative estimate of drug-likeness (QED) is 0.359. The van der Waals surface area contributed by atoms with Crippen LogP contribution < -0.4 is 26.1 Å². The molecule has 2 heterocycles. The van der Waals surface area contributed by atoms with Crippen molar-refractivity contribution >= 4 is 40.2 Å². The number of amides is 1. The normalized spacial score (nSPS) is 11.0. The van der Waals surface area contributed by atoms with E-state index in [0.29, 0.717) is 13.2 Å². The number of halogens is 1. The van der Waals surface area contributed by atoms with Crippen LogP contribution in [0.4, 0.5) is 11.6 Å². The van der Waals surface area contributed by atoms with E-state index >= 15 is 0 Å². The zero-order valence-electron chi connectivity index (χ0n) is 18.4. The molecule has 0 aliphatic carbocycles. The number of anilines is 2. The highest BCUT2D eigenvalue weighted by molar-refractivity contribution is 6.31. The van der Waals surface area contributed by atoms with Crippen molar-refractivity contribution in [3.63, 3.8) is 0 Å². The molecule has 5 N–H and O–H groups in total. The number of nitrogens with one attached hydrogen (secondary N) is 1. The van der Waals surface area contributed by atoms with Crippen LogP contribution in [-0.2, 0) is 26.7 Å². The molecule has 0 aliphatic heterocycles. The number of nitrogens with zero attached hydrogens (tertiary/aromatic N) is 4. The van der Waals surface area contributed by atoms with Gasteiger partial charge in [-0.1, -0.05) is 41.9 Å². The van der Waals surface area contributed by atoms with Crippen LogP contribution in [0.3, 0.4) is 0 Å². The summed E-state index contributed by atoms with van der Waals surface area (Å²) in [5, 5.41) is 2.78. The van der Waals surface area contributed by atoms with Crippen LogP contribution in [0.2, 0.25) is 5.15 Å². The fourth-order valence-corrected chi connectivity index (χ4v) is 3.84. The Hall–Kier alpha value is -3.85. The van der Waals surface area contributed by atoms with Gasteiger partial charge in [-0.05, 0) is 24.6 Å². The number of nitrogen functional groups attached to an aromatic ring is 2. The number of carbonyl (C=O) groups excluding carboxylic acids is 1. The zero-order chi connectivity index (χ0) is 23.5. The number of carbonyl (C=O) groups is 1. The topological polar surface area (TPSA) is 125 Å². The average Bonchev–Trinajstić information content (AvgIpc) is 3.09. The lowest BCUT2D eigenvalue weighted by Gasteiger charge is -2.07. The van der Waals surface area contributed by atoms with Crippen molar-refractivity contribution < 1.29 is 14.1 Å². The molecule has 2 aromatic heterocycles. The SMILES string of the molecule is CCn1c(CNC(=O)c2nc(Cl)c(N)nc2N)[n+](C)c2ccc(OCc3ccccc3)cc21. The Kier molecular flexibility index (Phi) is 6.32. The Bertz CT molecular complexity index is 1320. The van der Waals surface area contributed by atoms with Crippen LogP contribution in [0, 0.1) is 0 Å². The lowest BCUT2D eigenvalue weighted by Crippen LogP contribution is -2.38. The van der Waals surface area contributed by atoms with Crippen LogP contribution >= 0.6 is 11.6 Å². The Morgan fingerprint density at radius 1 is 1.15 bits per heavy atom. The molecule has 0 fully saturated rings. The fraction of sp³-hybridized carbons (Fsp3) is 0.217. The highest BCUT2D eigenvalue weighted by Crippen LogP contribution is 2.22. The molecule has 0 saturated carbocycles. The van der Waals surface area contributed by atoms with Gasteiger partial charge < -0.3 is 21.5 Å². The lowest BCUT2D eigenvalue weighted by molar-refractivity contribution is -0.654. The van der Waals surface area contributed by atoms with Gasteiger partial charge in [0, 0.05) is 6.07 Å². The fourth-order valence-electron chi connectivity index (χ4n) is 3.71. The standard InChI is InChI=1S/C23H24ClN7O2/c1-3-31-17-11-15(33-13-14-7-5-4-6-8-14)9-10-16(17)30(2)18(31)12-27-23(32)19-21(25)29-22(26)20(24)28-19/h4-11H,3,12-13H2,1-2H3,(H4-,25,26,27,29,32)/p+1. The number of benzene rings is 2. The number of fused-ring (bicyclic) bond motifs is 1. The molecule has 9 nitrogen and oxygen atoms in total. The van der Waals surface area contributed by atoms with Gasteiger partial charge in [-0.25, -0.2) is 19.1 Å². The molecule has 0 bridgehead atoms. The number of imidazole rings is 1. The molecule has 1 amide bonds. The van der Waals surface area contributed by atoms with Gasteiger partial charge in [0.25, 0.3) is 11.7 Å². The van der Waals surface area contributed by atoms with Crippen molar-refractivity contribution in [2.75, 3.05) is 11.5 Å². The molecule has 0 unspecified atom stereocenters. The summed E-state index contributed by atoms with van der Waals surface area (Å²) in [4.78, 5) is 20.5. The van der Waals surface area contributed by atoms with Crippen molar-refractivity contribution in [1.82, 2.24) is 19.9 Å². The number of aromatic nitrogens is 4. The molecular weight excluding hydrogens is 442 g/mol. The summed E-state index contributed by atoms with van der Waals surface area (Å²) < 4.78 is 10.1. The molecule has 0 atom stereocenters. The minimum absolute atomic E-state index is 0.0199. The molecule has 10 heteroatoms. The first-order chi connectivity index (χ1) is 15.9. The molecule has 2 aromatic carbocycles. The van der Waals surface area contributed by atoms with E-state index < -0.39 is 5.91 Å². The van der Waals surface area contributed by atoms with Gasteiger partial charge >= 0.3 is 0 Å². The number of hydrogen-bond donors (Lipinski definition) is 3. The summed E-state index contributed by atoms with van der Waals surface area (Å²) in [7, 11) is 1.95. The molecule has 0 aliphatic rings. The zero-order valence-corrected chi connectivity index (χ0v) is 19.1. The third-order valence-corrected chi connectivity index (χ3v) is 5.67. The summed E-state index contributed by atoms with van der Waals surface area (Å²) >= 11 is 5.90. The van der Waals surface area contributed by atoms with E-state index in [1.54, 1.807) is 0 Å².